The Bertz CT molecular complexity index is 339. The third-order valence-corrected chi connectivity index (χ3v) is 6.53. The molecule has 2 bridgehead atoms. The van der Waals surface area contributed by atoms with Crippen LogP contribution in [0.4, 0.5) is 0 Å². The molecule has 0 radical (unpaired) electrons. The minimum atomic E-state index is 0.408. The van der Waals surface area contributed by atoms with Crippen LogP contribution in [0.5, 0.6) is 0 Å². The Hall–Kier alpha value is -0.370. The molecule has 0 amide bonds. The summed E-state index contributed by atoms with van der Waals surface area (Å²) in [4.78, 5) is 15.3. The van der Waals surface area contributed by atoms with E-state index in [2.05, 4.69) is 18.9 Å². The van der Waals surface area contributed by atoms with Crippen LogP contribution in [-0.2, 0) is 4.79 Å². The highest BCUT2D eigenvalue weighted by atomic mass is 16.1. The number of rotatable bonds is 4. The van der Waals surface area contributed by atoms with E-state index < -0.39 is 0 Å². The molecule has 3 fully saturated rings. The van der Waals surface area contributed by atoms with Gasteiger partial charge in [-0.05, 0) is 57.4 Å². The smallest absolute Gasteiger partial charge is 0.136 e. The molecule has 0 aromatic rings. The zero-order chi connectivity index (χ0) is 14.1. The van der Waals surface area contributed by atoms with Gasteiger partial charge in [-0.15, -0.1) is 0 Å². The summed E-state index contributed by atoms with van der Waals surface area (Å²) in [6, 6.07) is 1.56. The molecule has 114 valence electrons. The van der Waals surface area contributed by atoms with Crippen molar-refractivity contribution in [2.75, 3.05) is 7.05 Å². The maximum absolute atomic E-state index is 12.7. The number of piperidine rings is 1. The minimum absolute atomic E-state index is 0.408. The number of carbonyl (C=O) groups is 1. The van der Waals surface area contributed by atoms with E-state index in [1.54, 1.807) is 0 Å². The number of fused-ring (bicyclic) bond motifs is 2. The Balaban J connectivity index is 1.56. The quantitative estimate of drug-likeness (QED) is 0.773. The number of hydrogen-bond donors (Lipinski definition) is 0. The summed E-state index contributed by atoms with van der Waals surface area (Å²) in [5, 5.41) is 0. The molecule has 20 heavy (non-hydrogen) atoms. The molecule has 2 heteroatoms. The fourth-order valence-corrected chi connectivity index (χ4v) is 5.25. The van der Waals surface area contributed by atoms with Gasteiger partial charge in [0.1, 0.15) is 5.78 Å². The molecule has 2 nitrogen and oxygen atoms in total. The Morgan fingerprint density at radius 3 is 2.35 bits per heavy atom. The van der Waals surface area contributed by atoms with Gasteiger partial charge in [0.15, 0.2) is 0 Å². The van der Waals surface area contributed by atoms with E-state index in [1.807, 2.05) is 0 Å². The van der Waals surface area contributed by atoms with E-state index in [-0.39, 0.29) is 0 Å². The van der Waals surface area contributed by atoms with Crippen molar-refractivity contribution in [2.24, 2.45) is 17.8 Å². The SMILES string of the molecule is CC[C@H]1CCCC[C@@H]1C(=O)CC1C[C@H]2CC[C@@H](C1)N2C. The van der Waals surface area contributed by atoms with Gasteiger partial charge in [0.25, 0.3) is 0 Å². The Kier molecular flexibility index (Phi) is 4.49. The van der Waals surface area contributed by atoms with Crippen molar-refractivity contribution < 1.29 is 4.79 Å². The number of nitrogens with zero attached hydrogens (tertiary/aromatic N) is 1. The van der Waals surface area contributed by atoms with Crippen molar-refractivity contribution >= 4 is 5.78 Å². The fraction of sp³-hybridized carbons (Fsp3) is 0.944. The molecular formula is C18H31NO. The van der Waals surface area contributed by atoms with Crippen LogP contribution in [0, 0.1) is 17.8 Å². The summed E-state index contributed by atoms with van der Waals surface area (Å²) in [6.07, 6.45) is 12.5. The van der Waals surface area contributed by atoms with Gasteiger partial charge in [0, 0.05) is 24.4 Å². The molecule has 2 heterocycles. The first kappa shape index (κ1) is 14.6. The Morgan fingerprint density at radius 1 is 1.05 bits per heavy atom. The normalized spacial score (nSPS) is 41.8. The lowest BCUT2D eigenvalue weighted by Crippen LogP contribution is -2.41. The van der Waals surface area contributed by atoms with Gasteiger partial charge < -0.3 is 4.90 Å². The predicted molar refractivity (Wildman–Crippen MR) is 82.7 cm³/mol. The lowest BCUT2D eigenvalue weighted by atomic mass is 9.73. The summed E-state index contributed by atoms with van der Waals surface area (Å²) >= 11 is 0. The second-order valence-corrected chi connectivity index (χ2v) is 7.62. The van der Waals surface area contributed by atoms with Crippen LogP contribution < -0.4 is 0 Å². The van der Waals surface area contributed by atoms with Gasteiger partial charge in [-0.2, -0.15) is 0 Å². The molecule has 2 saturated heterocycles. The fourth-order valence-electron chi connectivity index (χ4n) is 5.25. The highest BCUT2D eigenvalue weighted by Crippen LogP contribution is 2.40. The first-order chi connectivity index (χ1) is 9.69. The minimum Gasteiger partial charge on any atom is -0.300 e. The standard InChI is InChI=1S/C18H31NO/c1-3-14-6-4-5-7-17(14)18(20)12-13-10-15-8-9-16(11-13)19(15)2/h13-17H,3-12H2,1-2H3/t13?,14-,15-,16+,17-/m0/s1. The summed E-state index contributed by atoms with van der Waals surface area (Å²) in [6.45, 7) is 2.27. The number of carbonyl (C=O) groups excluding carboxylic acids is 1. The molecule has 0 N–H and O–H groups in total. The lowest BCUT2D eigenvalue weighted by molar-refractivity contribution is -0.127. The van der Waals surface area contributed by atoms with Crippen LogP contribution in [0.2, 0.25) is 0 Å². The zero-order valence-electron chi connectivity index (χ0n) is 13.3. The van der Waals surface area contributed by atoms with E-state index in [9.17, 15) is 4.79 Å². The maximum Gasteiger partial charge on any atom is 0.136 e. The second kappa shape index (κ2) is 6.17. The topological polar surface area (TPSA) is 20.3 Å². The second-order valence-electron chi connectivity index (χ2n) is 7.62. The van der Waals surface area contributed by atoms with Crippen molar-refractivity contribution in [2.45, 2.75) is 83.2 Å². The molecular weight excluding hydrogens is 246 g/mol. The molecule has 2 aliphatic heterocycles. The highest BCUT2D eigenvalue weighted by molar-refractivity contribution is 5.81. The van der Waals surface area contributed by atoms with Gasteiger partial charge in [-0.25, -0.2) is 0 Å². The van der Waals surface area contributed by atoms with Crippen molar-refractivity contribution in [3.05, 3.63) is 0 Å². The van der Waals surface area contributed by atoms with Gasteiger partial charge in [-0.1, -0.05) is 26.2 Å². The zero-order valence-corrected chi connectivity index (χ0v) is 13.3. The molecule has 3 aliphatic rings. The first-order valence-corrected chi connectivity index (χ1v) is 8.93. The van der Waals surface area contributed by atoms with Gasteiger partial charge in [-0.3, -0.25) is 4.79 Å². The monoisotopic (exact) mass is 277 g/mol. The molecule has 0 aromatic carbocycles. The van der Waals surface area contributed by atoms with Crippen LogP contribution >= 0.6 is 0 Å². The van der Waals surface area contributed by atoms with E-state index in [4.69, 9.17) is 0 Å². The van der Waals surface area contributed by atoms with Crippen molar-refractivity contribution in [3.8, 4) is 0 Å². The van der Waals surface area contributed by atoms with Crippen LogP contribution in [0.15, 0.2) is 0 Å². The number of ketones is 1. The van der Waals surface area contributed by atoms with E-state index >= 15 is 0 Å². The maximum atomic E-state index is 12.7. The summed E-state index contributed by atoms with van der Waals surface area (Å²) in [5.41, 5.74) is 0. The molecule has 0 spiro atoms. The first-order valence-electron chi connectivity index (χ1n) is 8.93. The molecule has 3 rings (SSSR count). The van der Waals surface area contributed by atoms with Crippen LogP contribution in [0.3, 0.4) is 0 Å². The third kappa shape index (κ3) is 2.81. The number of Topliss-reactive ketones (excluding diaryl/α,β-unsaturated/α-hetero) is 1. The van der Waals surface area contributed by atoms with Gasteiger partial charge in [0.2, 0.25) is 0 Å². The molecule has 1 saturated carbocycles. The Morgan fingerprint density at radius 2 is 1.70 bits per heavy atom. The number of hydrogen-bond acceptors (Lipinski definition) is 2. The van der Waals surface area contributed by atoms with Crippen molar-refractivity contribution in [3.63, 3.8) is 0 Å². The average Bonchev–Trinajstić information content (AvgIpc) is 2.68. The molecule has 5 atom stereocenters. The van der Waals surface area contributed by atoms with Gasteiger partial charge >= 0.3 is 0 Å². The predicted octanol–water partition coefficient (Wildman–Crippen LogP) is 4.03. The van der Waals surface area contributed by atoms with E-state index in [0.29, 0.717) is 23.5 Å². The lowest BCUT2D eigenvalue weighted by Gasteiger charge is -2.37. The van der Waals surface area contributed by atoms with Crippen LogP contribution in [0.1, 0.15) is 71.1 Å². The largest absolute Gasteiger partial charge is 0.300 e. The van der Waals surface area contributed by atoms with E-state index in [1.165, 1.54) is 57.8 Å². The summed E-state index contributed by atoms with van der Waals surface area (Å²) < 4.78 is 0. The molecule has 1 unspecified atom stereocenters. The third-order valence-electron chi connectivity index (χ3n) is 6.53. The van der Waals surface area contributed by atoms with Crippen molar-refractivity contribution in [1.29, 1.82) is 0 Å². The molecule has 0 aromatic heterocycles. The Labute approximate surface area is 124 Å². The van der Waals surface area contributed by atoms with Gasteiger partial charge in [0.05, 0.1) is 0 Å². The summed E-state index contributed by atoms with van der Waals surface area (Å²) in [5.74, 6) is 2.41. The van der Waals surface area contributed by atoms with Crippen LogP contribution in [-0.4, -0.2) is 29.8 Å². The average molecular weight is 277 g/mol. The van der Waals surface area contributed by atoms with Crippen molar-refractivity contribution in [1.82, 2.24) is 4.90 Å². The molecule has 1 aliphatic carbocycles. The summed E-state index contributed by atoms with van der Waals surface area (Å²) in [7, 11) is 2.29. The highest BCUT2D eigenvalue weighted by Gasteiger charge is 2.40. The van der Waals surface area contributed by atoms with Crippen LogP contribution in [0.25, 0.3) is 0 Å². The van der Waals surface area contributed by atoms with E-state index in [0.717, 1.165) is 18.5 Å².